The van der Waals surface area contributed by atoms with Crippen LogP contribution in [0, 0.1) is 0 Å². The summed E-state index contributed by atoms with van der Waals surface area (Å²) in [5, 5.41) is 0. The largest absolute Gasteiger partial charge is 0.493 e. The van der Waals surface area contributed by atoms with Crippen LogP contribution in [0.5, 0.6) is 5.75 Å². The predicted octanol–water partition coefficient (Wildman–Crippen LogP) is 2.67. The maximum absolute atomic E-state index is 11.7. The molecule has 0 atom stereocenters. The standard InChI is InChI=1S/C14H21NO2S/c1-3-15(4-2)14(16)12-18-11-10-17-13-8-6-5-7-9-13/h5-9H,3-4,10-12H2,1-2H3. The van der Waals surface area contributed by atoms with Gasteiger partial charge in [-0.3, -0.25) is 4.79 Å². The maximum atomic E-state index is 11.7. The Hall–Kier alpha value is -1.16. The van der Waals surface area contributed by atoms with Gasteiger partial charge in [0.2, 0.25) is 5.91 Å². The minimum atomic E-state index is 0.213. The van der Waals surface area contributed by atoms with Crippen molar-refractivity contribution in [2.24, 2.45) is 0 Å². The molecule has 0 fully saturated rings. The first-order chi connectivity index (χ1) is 8.77. The van der Waals surface area contributed by atoms with Crippen molar-refractivity contribution in [2.75, 3.05) is 31.2 Å². The van der Waals surface area contributed by atoms with Crippen molar-refractivity contribution in [1.82, 2.24) is 4.90 Å². The SMILES string of the molecule is CCN(CC)C(=O)CSCCOc1ccccc1. The third-order valence-corrected chi connectivity index (χ3v) is 3.49. The highest BCUT2D eigenvalue weighted by atomic mass is 32.2. The highest BCUT2D eigenvalue weighted by Crippen LogP contribution is 2.09. The molecule has 18 heavy (non-hydrogen) atoms. The molecule has 0 aliphatic carbocycles. The fourth-order valence-corrected chi connectivity index (χ4v) is 2.26. The van der Waals surface area contributed by atoms with E-state index in [1.54, 1.807) is 11.8 Å². The predicted molar refractivity (Wildman–Crippen MR) is 77.2 cm³/mol. The van der Waals surface area contributed by atoms with Crippen LogP contribution in [0.1, 0.15) is 13.8 Å². The first-order valence-corrected chi connectivity index (χ1v) is 7.46. The number of carbonyl (C=O) groups excluding carboxylic acids is 1. The molecule has 0 unspecified atom stereocenters. The van der Waals surface area contributed by atoms with Crippen molar-refractivity contribution >= 4 is 17.7 Å². The Morgan fingerprint density at radius 3 is 2.50 bits per heavy atom. The van der Waals surface area contributed by atoms with Crippen molar-refractivity contribution in [3.05, 3.63) is 30.3 Å². The summed E-state index contributed by atoms with van der Waals surface area (Å²) in [7, 11) is 0. The second-order valence-electron chi connectivity index (χ2n) is 3.78. The lowest BCUT2D eigenvalue weighted by molar-refractivity contribution is -0.127. The molecule has 3 nitrogen and oxygen atoms in total. The first-order valence-electron chi connectivity index (χ1n) is 6.31. The Morgan fingerprint density at radius 1 is 1.22 bits per heavy atom. The molecule has 0 spiro atoms. The van der Waals surface area contributed by atoms with E-state index in [0.29, 0.717) is 12.4 Å². The normalized spacial score (nSPS) is 10.1. The molecular weight excluding hydrogens is 246 g/mol. The molecule has 0 radical (unpaired) electrons. The van der Waals surface area contributed by atoms with Crippen LogP contribution in [-0.4, -0.2) is 42.0 Å². The number of hydrogen-bond donors (Lipinski definition) is 0. The highest BCUT2D eigenvalue weighted by Gasteiger charge is 2.08. The molecule has 0 heterocycles. The smallest absolute Gasteiger partial charge is 0.232 e. The number of ether oxygens (including phenoxy) is 1. The summed E-state index contributed by atoms with van der Waals surface area (Å²) < 4.78 is 5.56. The Bertz CT molecular complexity index is 339. The van der Waals surface area contributed by atoms with Crippen molar-refractivity contribution in [2.45, 2.75) is 13.8 Å². The van der Waals surface area contributed by atoms with Crippen molar-refractivity contribution in [3.63, 3.8) is 0 Å². The van der Waals surface area contributed by atoms with Gasteiger partial charge in [-0.2, -0.15) is 0 Å². The van der Waals surface area contributed by atoms with Gasteiger partial charge >= 0.3 is 0 Å². The number of carbonyl (C=O) groups is 1. The zero-order chi connectivity index (χ0) is 13.2. The molecule has 1 amide bonds. The zero-order valence-corrected chi connectivity index (χ0v) is 11.9. The molecule has 1 aromatic rings. The van der Waals surface area contributed by atoms with E-state index < -0.39 is 0 Å². The van der Waals surface area contributed by atoms with Gasteiger partial charge in [-0.05, 0) is 26.0 Å². The Balaban J connectivity index is 2.10. The second-order valence-corrected chi connectivity index (χ2v) is 4.89. The average molecular weight is 267 g/mol. The third-order valence-electron chi connectivity index (χ3n) is 2.58. The van der Waals surface area contributed by atoms with E-state index in [1.807, 2.05) is 49.1 Å². The van der Waals surface area contributed by atoms with Crippen LogP contribution in [0.2, 0.25) is 0 Å². The zero-order valence-electron chi connectivity index (χ0n) is 11.1. The Morgan fingerprint density at radius 2 is 1.89 bits per heavy atom. The number of hydrogen-bond acceptors (Lipinski definition) is 3. The number of amides is 1. The number of rotatable bonds is 8. The summed E-state index contributed by atoms with van der Waals surface area (Å²) >= 11 is 1.62. The molecule has 0 saturated carbocycles. The van der Waals surface area contributed by atoms with Gasteiger partial charge in [-0.25, -0.2) is 0 Å². The Kier molecular flexibility index (Phi) is 7.34. The number of thioether (sulfide) groups is 1. The van der Waals surface area contributed by atoms with E-state index in [-0.39, 0.29) is 5.91 Å². The first kappa shape index (κ1) is 14.9. The lowest BCUT2D eigenvalue weighted by Crippen LogP contribution is -2.32. The molecule has 0 saturated heterocycles. The number of para-hydroxylation sites is 1. The molecule has 0 bridgehead atoms. The fourth-order valence-electron chi connectivity index (χ4n) is 1.56. The third kappa shape index (κ3) is 5.45. The summed E-state index contributed by atoms with van der Waals surface area (Å²) in [5.41, 5.74) is 0. The molecule has 0 aromatic heterocycles. The topological polar surface area (TPSA) is 29.5 Å². The van der Waals surface area contributed by atoms with E-state index in [1.165, 1.54) is 0 Å². The molecule has 1 rings (SSSR count). The molecule has 0 aliphatic heterocycles. The second kappa shape index (κ2) is 8.86. The Labute approximate surface area is 114 Å². The quantitative estimate of drug-likeness (QED) is 0.678. The lowest BCUT2D eigenvalue weighted by atomic mass is 10.3. The van der Waals surface area contributed by atoms with Crippen molar-refractivity contribution in [1.29, 1.82) is 0 Å². The van der Waals surface area contributed by atoms with Crippen molar-refractivity contribution in [3.8, 4) is 5.75 Å². The van der Waals surface area contributed by atoms with E-state index in [9.17, 15) is 4.79 Å². The molecule has 100 valence electrons. The van der Waals surface area contributed by atoms with Crippen LogP contribution in [0.3, 0.4) is 0 Å². The van der Waals surface area contributed by atoms with E-state index in [2.05, 4.69) is 0 Å². The van der Waals surface area contributed by atoms with Crippen LogP contribution in [-0.2, 0) is 4.79 Å². The number of nitrogens with zero attached hydrogens (tertiary/aromatic N) is 1. The van der Waals surface area contributed by atoms with Crippen LogP contribution in [0.15, 0.2) is 30.3 Å². The fraction of sp³-hybridized carbons (Fsp3) is 0.500. The van der Waals surface area contributed by atoms with Gasteiger partial charge in [-0.1, -0.05) is 18.2 Å². The molecule has 0 aliphatic rings. The molecule has 1 aromatic carbocycles. The minimum absolute atomic E-state index is 0.213. The van der Waals surface area contributed by atoms with Crippen molar-refractivity contribution < 1.29 is 9.53 Å². The molecule has 0 N–H and O–H groups in total. The number of benzene rings is 1. The van der Waals surface area contributed by atoms with Gasteiger partial charge in [0.15, 0.2) is 0 Å². The van der Waals surface area contributed by atoms with Gasteiger partial charge in [-0.15, -0.1) is 11.8 Å². The summed E-state index contributed by atoms with van der Waals surface area (Å²) in [6, 6.07) is 9.74. The summed E-state index contributed by atoms with van der Waals surface area (Å²) in [6.07, 6.45) is 0. The molecule has 4 heteroatoms. The monoisotopic (exact) mass is 267 g/mol. The van der Waals surface area contributed by atoms with Crippen LogP contribution in [0.4, 0.5) is 0 Å². The average Bonchev–Trinajstić information content (AvgIpc) is 2.41. The highest BCUT2D eigenvalue weighted by molar-refractivity contribution is 7.99. The molecular formula is C14H21NO2S. The van der Waals surface area contributed by atoms with E-state index in [0.717, 1.165) is 24.6 Å². The van der Waals surface area contributed by atoms with Gasteiger partial charge in [0.05, 0.1) is 12.4 Å². The van der Waals surface area contributed by atoms with E-state index >= 15 is 0 Å². The van der Waals surface area contributed by atoms with Crippen LogP contribution >= 0.6 is 11.8 Å². The lowest BCUT2D eigenvalue weighted by Gasteiger charge is -2.18. The maximum Gasteiger partial charge on any atom is 0.232 e. The summed E-state index contributed by atoms with van der Waals surface area (Å²) in [6.45, 7) is 6.22. The van der Waals surface area contributed by atoms with E-state index in [4.69, 9.17) is 4.74 Å². The van der Waals surface area contributed by atoms with Gasteiger partial charge in [0.1, 0.15) is 5.75 Å². The van der Waals surface area contributed by atoms with Gasteiger partial charge in [0.25, 0.3) is 0 Å². The van der Waals surface area contributed by atoms with Crippen LogP contribution in [0.25, 0.3) is 0 Å². The van der Waals surface area contributed by atoms with Gasteiger partial charge in [0, 0.05) is 18.8 Å². The summed E-state index contributed by atoms with van der Waals surface area (Å²) in [4.78, 5) is 13.6. The minimum Gasteiger partial charge on any atom is -0.493 e. The van der Waals surface area contributed by atoms with Crippen LogP contribution < -0.4 is 4.74 Å². The summed E-state index contributed by atoms with van der Waals surface area (Å²) in [5.74, 6) is 2.47. The van der Waals surface area contributed by atoms with Gasteiger partial charge < -0.3 is 9.64 Å².